The molecule has 0 aliphatic carbocycles. The summed E-state index contributed by atoms with van der Waals surface area (Å²) < 4.78 is 3.36. The number of hydrogen-bond donors (Lipinski definition) is 0. The fourth-order valence-corrected chi connectivity index (χ4v) is 4.55. The zero-order valence-corrected chi connectivity index (χ0v) is 17.7. The molecule has 10 heteroatoms. The molecule has 4 aromatic rings. The zero-order chi connectivity index (χ0) is 20.0. The van der Waals surface area contributed by atoms with Gasteiger partial charge in [0.25, 0.3) is 5.91 Å². The lowest BCUT2D eigenvalue weighted by Crippen LogP contribution is -2.30. The third kappa shape index (κ3) is 2.85. The molecular weight excluding hydrogens is 398 g/mol. The van der Waals surface area contributed by atoms with Crippen LogP contribution in [0.3, 0.4) is 0 Å². The summed E-state index contributed by atoms with van der Waals surface area (Å²) in [7, 11) is 0. The SMILES string of the molecule is CCN(CC)C(=O)c1sc2ncn3nc(-c4nn(CC)cc4Cl)nc3c2c1C. The number of carbonyl (C=O) groups is 1. The van der Waals surface area contributed by atoms with Crippen molar-refractivity contribution in [3.8, 4) is 11.5 Å². The molecule has 28 heavy (non-hydrogen) atoms. The van der Waals surface area contributed by atoms with Crippen LogP contribution in [0.1, 0.15) is 36.0 Å². The second kappa shape index (κ2) is 7.14. The lowest BCUT2D eigenvalue weighted by atomic mass is 10.2. The Morgan fingerprint density at radius 2 is 2.00 bits per heavy atom. The van der Waals surface area contributed by atoms with E-state index in [1.54, 1.807) is 26.6 Å². The van der Waals surface area contributed by atoms with Crippen molar-refractivity contribution in [2.45, 2.75) is 34.2 Å². The fraction of sp³-hybridized carbons (Fsp3) is 0.389. The van der Waals surface area contributed by atoms with Crippen molar-refractivity contribution in [3.05, 3.63) is 28.0 Å². The van der Waals surface area contributed by atoms with Gasteiger partial charge in [0.1, 0.15) is 11.2 Å². The van der Waals surface area contributed by atoms with Gasteiger partial charge in [0.2, 0.25) is 5.82 Å². The monoisotopic (exact) mass is 417 g/mol. The number of rotatable bonds is 5. The van der Waals surface area contributed by atoms with Crippen molar-refractivity contribution in [1.82, 2.24) is 34.3 Å². The van der Waals surface area contributed by atoms with Crippen LogP contribution < -0.4 is 0 Å². The number of halogens is 1. The molecule has 0 saturated heterocycles. The molecule has 0 aliphatic heterocycles. The van der Waals surface area contributed by atoms with Crippen LogP contribution >= 0.6 is 22.9 Å². The highest BCUT2D eigenvalue weighted by atomic mass is 35.5. The van der Waals surface area contributed by atoms with Crippen molar-refractivity contribution in [2.24, 2.45) is 0 Å². The van der Waals surface area contributed by atoms with E-state index in [9.17, 15) is 4.79 Å². The van der Waals surface area contributed by atoms with Crippen LogP contribution in [-0.2, 0) is 6.54 Å². The van der Waals surface area contributed by atoms with Gasteiger partial charge in [0.05, 0.1) is 15.3 Å². The molecule has 0 aromatic carbocycles. The Labute approximate surface area is 170 Å². The van der Waals surface area contributed by atoms with E-state index < -0.39 is 0 Å². The first-order valence-electron chi connectivity index (χ1n) is 9.15. The quantitative estimate of drug-likeness (QED) is 0.495. The summed E-state index contributed by atoms with van der Waals surface area (Å²) in [5.74, 6) is 0.460. The normalized spacial score (nSPS) is 11.6. The van der Waals surface area contributed by atoms with Gasteiger partial charge in [-0.25, -0.2) is 14.5 Å². The van der Waals surface area contributed by atoms with Crippen LogP contribution in [0.5, 0.6) is 0 Å². The van der Waals surface area contributed by atoms with Crippen molar-refractivity contribution in [3.63, 3.8) is 0 Å². The summed E-state index contributed by atoms with van der Waals surface area (Å²) in [6, 6.07) is 0. The van der Waals surface area contributed by atoms with Crippen LogP contribution in [0.15, 0.2) is 12.5 Å². The van der Waals surface area contributed by atoms with Crippen molar-refractivity contribution < 1.29 is 4.79 Å². The molecule has 4 aromatic heterocycles. The van der Waals surface area contributed by atoms with Gasteiger partial charge in [-0.3, -0.25) is 9.48 Å². The highest BCUT2D eigenvalue weighted by Gasteiger charge is 2.23. The molecule has 4 heterocycles. The minimum absolute atomic E-state index is 0.0214. The van der Waals surface area contributed by atoms with Crippen LogP contribution in [-0.4, -0.2) is 53.3 Å². The first-order chi connectivity index (χ1) is 13.5. The third-order valence-electron chi connectivity index (χ3n) is 4.77. The molecule has 0 bridgehead atoms. The van der Waals surface area contributed by atoms with E-state index >= 15 is 0 Å². The zero-order valence-electron chi connectivity index (χ0n) is 16.1. The molecule has 0 atom stereocenters. The molecule has 0 fully saturated rings. The number of aromatic nitrogens is 6. The second-order valence-corrected chi connectivity index (χ2v) is 7.75. The van der Waals surface area contributed by atoms with Gasteiger partial charge < -0.3 is 4.90 Å². The lowest BCUT2D eigenvalue weighted by Gasteiger charge is -2.17. The molecule has 146 valence electrons. The molecule has 8 nitrogen and oxygen atoms in total. The van der Waals surface area contributed by atoms with Gasteiger partial charge in [-0.2, -0.15) is 5.10 Å². The highest BCUT2D eigenvalue weighted by molar-refractivity contribution is 7.20. The summed E-state index contributed by atoms with van der Waals surface area (Å²) in [6.07, 6.45) is 3.37. The first-order valence-corrected chi connectivity index (χ1v) is 10.3. The standard InChI is InChI=1S/C18H20ClN7OS/c1-5-24(6-2)18(27)14-10(4)12-16-21-15(13-11(19)8-25(7-3)22-13)23-26(16)9-20-17(12)28-14/h8-9H,5-7H2,1-4H3. The molecule has 0 spiro atoms. The minimum Gasteiger partial charge on any atom is -0.338 e. The van der Waals surface area contributed by atoms with Crippen molar-refractivity contribution in [2.75, 3.05) is 13.1 Å². The average molecular weight is 418 g/mol. The Morgan fingerprint density at radius 1 is 1.25 bits per heavy atom. The maximum Gasteiger partial charge on any atom is 0.264 e. The topological polar surface area (TPSA) is 81.2 Å². The summed E-state index contributed by atoms with van der Waals surface area (Å²) in [5, 5.41) is 10.3. The largest absolute Gasteiger partial charge is 0.338 e. The Balaban J connectivity index is 1.89. The number of nitrogens with zero attached hydrogens (tertiary/aromatic N) is 7. The van der Waals surface area contributed by atoms with E-state index in [-0.39, 0.29) is 5.91 Å². The number of hydrogen-bond acceptors (Lipinski definition) is 6. The predicted octanol–water partition coefficient (Wildman–Crippen LogP) is 3.67. The Hall–Kier alpha value is -2.52. The molecule has 0 radical (unpaired) electrons. The third-order valence-corrected chi connectivity index (χ3v) is 6.23. The Bertz CT molecular complexity index is 1190. The summed E-state index contributed by atoms with van der Waals surface area (Å²) in [5.41, 5.74) is 2.06. The van der Waals surface area contributed by atoms with E-state index in [4.69, 9.17) is 11.6 Å². The van der Waals surface area contributed by atoms with Crippen LogP contribution in [0, 0.1) is 6.92 Å². The maximum absolute atomic E-state index is 12.9. The first kappa shape index (κ1) is 18.8. The molecule has 4 rings (SSSR count). The number of fused-ring (bicyclic) bond motifs is 3. The van der Waals surface area contributed by atoms with Crippen molar-refractivity contribution >= 4 is 44.7 Å². The number of carbonyl (C=O) groups excluding carboxylic acids is 1. The molecular formula is C18H20ClN7OS. The van der Waals surface area contributed by atoms with Crippen molar-refractivity contribution in [1.29, 1.82) is 0 Å². The second-order valence-electron chi connectivity index (χ2n) is 6.34. The van der Waals surface area contributed by atoms with Gasteiger partial charge in [-0.05, 0) is 33.3 Å². The maximum atomic E-state index is 12.9. The molecule has 0 unspecified atom stereocenters. The lowest BCUT2D eigenvalue weighted by molar-refractivity contribution is 0.0777. The number of thiophene rings is 1. The Kier molecular flexibility index (Phi) is 4.80. The van der Waals surface area contributed by atoms with Crippen LogP contribution in [0.25, 0.3) is 27.4 Å². The van der Waals surface area contributed by atoms with E-state index in [0.29, 0.717) is 46.7 Å². The minimum atomic E-state index is 0.0214. The van der Waals surface area contributed by atoms with Gasteiger partial charge in [-0.15, -0.1) is 16.4 Å². The van der Waals surface area contributed by atoms with E-state index in [1.807, 2.05) is 27.7 Å². The van der Waals surface area contributed by atoms with E-state index in [1.165, 1.54) is 11.3 Å². The number of amides is 1. The number of aryl methyl sites for hydroxylation is 2. The fourth-order valence-electron chi connectivity index (χ4n) is 3.20. The van der Waals surface area contributed by atoms with Gasteiger partial charge in [0.15, 0.2) is 11.3 Å². The smallest absolute Gasteiger partial charge is 0.264 e. The molecule has 0 saturated carbocycles. The highest BCUT2D eigenvalue weighted by Crippen LogP contribution is 2.33. The van der Waals surface area contributed by atoms with Gasteiger partial charge in [-0.1, -0.05) is 11.6 Å². The van der Waals surface area contributed by atoms with E-state index in [2.05, 4.69) is 20.2 Å². The average Bonchev–Trinajstić information content (AvgIpc) is 3.36. The summed E-state index contributed by atoms with van der Waals surface area (Å²) in [6.45, 7) is 9.92. The summed E-state index contributed by atoms with van der Waals surface area (Å²) in [4.78, 5) is 25.3. The molecule has 0 N–H and O–H groups in total. The molecule has 1 amide bonds. The molecule has 0 aliphatic rings. The van der Waals surface area contributed by atoms with E-state index in [0.717, 1.165) is 15.8 Å². The van der Waals surface area contributed by atoms with Gasteiger partial charge >= 0.3 is 0 Å². The van der Waals surface area contributed by atoms with Gasteiger partial charge in [0, 0.05) is 25.8 Å². The van der Waals surface area contributed by atoms with Crippen LogP contribution in [0.4, 0.5) is 0 Å². The summed E-state index contributed by atoms with van der Waals surface area (Å²) >= 11 is 7.70. The van der Waals surface area contributed by atoms with Crippen LogP contribution in [0.2, 0.25) is 5.02 Å². The predicted molar refractivity (Wildman–Crippen MR) is 110 cm³/mol. The Morgan fingerprint density at radius 3 is 2.64 bits per heavy atom.